The molecule has 0 atom stereocenters. The number of aliphatic hydroxyl groups excluding tert-OH is 2. The van der Waals surface area contributed by atoms with Gasteiger partial charge in [-0.2, -0.15) is 0 Å². The van der Waals surface area contributed by atoms with Gasteiger partial charge in [0.2, 0.25) is 5.91 Å². The highest BCUT2D eigenvalue weighted by atomic mass is 35.5. The number of aromatic nitrogens is 3. The van der Waals surface area contributed by atoms with Gasteiger partial charge < -0.3 is 37.5 Å². The molecule has 1 amide bonds. The molecule has 0 saturated heterocycles. The van der Waals surface area contributed by atoms with Gasteiger partial charge in [-0.05, 0) is 29.8 Å². The molecule has 4 N–H and O–H groups in total. The number of rotatable bonds is 10. The Labute approximate surface area is 186 Å². The van der Waals surface area contributed by atoms with E-state index in [1.165, 1.54) is 10.9 Å². The second-order valence-electron chi connectivity index (χ2n) is 7.57. The maximum absolute atomic E-state index is 12.4. The molecule has 0 radical (unpaired) electrons. The largest absolute Gasteiger partial charge is 1.00 e. The molecule has 0 unspecified atom stereocenters. The number of aliphatic hydroxyl groups is 2. The minimum absolute atomic E-state index is 0. The molecule has 1 heterocycles. The molecule has 0 aliphatic carbocycles. The molecule has 3 aromatic rings. The number of fused-ring (bicyclic) bond motifs is 1. The SMILES string of the molecule is C[N+](CCO)(CCO)CCNC(=O)Cc1ccc(O)c(-n2nc3ccccc3n2)c1.[Cl-]. The quantitative estimate of drug-likeness (QED) is 0.248. The first-order chi connectivity index (χ1) is 14.4. The Hall–Kier alpha value is -2.72. The predicted molar refractivity (Wildman–Crippen MR) is 112 cm³/mol. The normalized spacial score (nSPS) is 11.3. The molecule has 0 aliphatic rings. The number of halogens is 1. The van der Waals surface area contributed by atoms with Gasteiger partial charge in [0.25, 0.3) is 0 Å². The monoisotopic (exact) mass is 449 g/mol. The summed E-state index contributed by atoms with van der Waals surface area (Å²) < 4.78 is 0.481. The topological polar surface area (TPSA) is 120 Å². The van der Waals surface area contributed by atoms with E-state index in [0.29, 0.717) is 47.4 Å². The van der Waals surface area contributed by atoms with Crippen molar-refractivity contribution in [3.63, 3.8) is 0 Å². The summed E-state index contributed by atoms with van der Waals surface area (Å²) in [6.45, 7) is 2.13. The zero-order chi connectivity index (χ0) is 21.6. The van der Waals surface area contributed by atoms with Crippen molar-refractivity contribution in [2.75, 3.05) is 46.4 Å². The van der Waals surface area contributed by atoms with Crippen molar-refractivity contribution < 1.29 is 37.0 Å². The number of nitrogens with one attached hydrogen (secondary N) is 1. The van der Waals surface area contributed by atoms with Crippen molar-refractivity contribution in [2.45, 2.75) is 6.42 Å². The number of benzene rings is 2. The number of carbonyl (C=O) groups excluding carboxylic acids is 1. The molecule has 0 spiro atoms. The summed E-state index contributed by atoms with van der Waals surface area (Å²) in [5.74, 6) is -0.120. The van der Waals surface area contributed by atoms with Gasteiger partial charge in [-0.15, -0.1) is 15.0 Å². The highest BCUT2D eigenvalue weighted by Gasteiger charge is 2.20. The minimum atomic E-state index is -0.148. The van der Waals surface area contributed by atoms with E-state index in [1.54, 1.807) is 12.1 Å². The van der Waals surface area contributed by atoms with Crippen LogP contribution in [0.3, 0.4) is 0 Å². The van der Waals surface area contributed by atoms with Crippen molar-refractivity contribution in [1.82, 2.24) is 20.3 Å². The number of hydrogen-bond donors (Lipinski definition) is 4. The highest BCUT2D eigenvalue weighted by molar-refractivity contribution is 5.79. The van der Waals surface area contributed by atoms with Crippen LogP contribution in [0, 0.1) is 0 Å². The van der Waals surface area contributed by atoms with E-state index in [0.717, 1.165) is 5.56 Å². The number of likely N-dealkylation sites (N-methyl/N-ethyl adjacent to an activating group) is 1. The second-order valence-corrected chi connectivity index (χ2v) is 7.57. The first-order valence-corrected chi connectivity index (χ1v) is 9.90. The van der Waals surface area contributed by atoms with Gasteiger partial charge in [0.05, 0.1) is 39.8 Å². The van der Waals surface area contributed by atoms with Crippen LogP contribution in [0.2, 0.25) is 0 Å². The van der Waals surface area contributed by atoms with Crippen LogP contribution in [-0.2, 0) is 11.2 Å². The maximum Gasteiger partial charge on any atom is 0.224 e. The van der Waals surface area contributed by atoms with Gasteiger partial charge in [0.1, 0.15) is 35.6 Å². The van der Waals surface area contributed by atoms with Crippen LogP contribution in [0.1, 0.15) is 5.56 Å². The van der Waals surface area contributed by atoms with E-state index < -0.39 is 0 Å². The lowest BCUT2D eigenvalue weighted by Gasteiger charge is -2.33. The van der Waals surface area contributed by atoms with Gasteiger partial charge >= 0.3 is 0 Å². The summed E-state index contributed by atoms with van der Waals surface area (Å²) in [6, 6.07) is 12.3. The van der Waals surface area contributed by atoms with E-state index in [4.69, 9.17) is 0 Å². The number of amides is 1. The average Bonchev–Trinajstić information content (AvgIpc) is 3.13. The fourth-order valence-corrected chi connectivity index (χ4v) is 3.34. The van der Waals surface area contributed by atoms with Crippen molar-refractivity contribution in [3.05, 3.63) is 48.0 Å². The van der Waals surface area contributed by atoms with Gasteiger partial charge in [-0.3, -0.25) is 4.79 Å². The summed E-state index contributed by atoms with van der Waals surface area (Å²) in [6.07, 6.45) is 0.151. The molecule has 0 aliphatic heterocycles. The Kier molecular flexibility index (Phi) is 8.76. The van der Waals surface area contributed by atoms with E-state index in [-0.39, 0.29) is 43.7 Å². The summed E-state index contributed by atoms with van der Waals surface area (Å²) in [5.41, 5.74) is 2.57. The fourth-order valence-electron chi connectivity index (χ4n) is 3.34. The molecule has 168 valence electrons. The van der Waals surface area contributed by atoms with E-state index in [2.05, 4.69) is 15.5 Å². The first kappa shape index (κ1) is 24.5. The molecule has 2 aromatic carbocycles. The number of nitrogens with zero attached hydrogens (tertiary/aromatic N) is 4. The summed E-state index contributed by atoms with van der Waals surface area (Å²) >= 11 is 0. The number of carbonyl (C=O) groups is 1. The average molecular weight is 450 g/mol. The molecule has 9 nitrogen and oxygen atoms in total. The van der Waals surface area contributed by atoms with Crippen LogP contribution in [-0.4, -0.2) is 87.1 Å². The van der Waals surface area contributed by atoms with E-state index in [1.807, 2.05) is 31.3 Å². The van der Waals surface area contributed by atoms with Crippen molar-refractivity contribution in [2.24, 2.45) is 0 Å². The molecular weight excluding hydrogens is 422 g/mol. The number of phenolic OH excluding ortho intramolecular Hbond substituents is 1. The van der Waals surface area contributed by atoms with Crippen LogP contribution < -0.4 is 17.7 Å². The molecule has 3 rings (SSSR count). The third kappa shape index (κ3) is 6.38. The van der Waals surface area contributed by atoms with Crippen molar-refractivity contribution in [3.8, 4) is 11.4 Å². The predicted octanol–water partition coefficient (Wildman–Crippen LogP) is -2.78. The molecule has 0 fully saturated rings. The zero-order valence-corrected chi connectivity index (χ0v) is 18.2. The lowest BCUT2D eigenvalue weighted by Crippen LogP contribution is -3.00. The van der Waals surface area contributed by atoms with Gasteiger partial charge in [0, 0.05) is 0 Å². The van der Waals surface area contributed by atoms with Gasteiger partial charge in [-0.25, -0.2) is 0 Å². The Bertz CT molecular complexity index is 971. The number of phenols is 1. The van der Waals surface area contributed by atoms with E-state index >= 15 is 0 Å². The molecule has 10 heteroatoms. The van der Waals surface area contributed by atoms with Gasteiger partial charge in [0.15, 0.2) is 0 Å². The van der Waals surface area contributed by atoms with Crippen LogP contribution in [0.5, 0.6) is 5.75 Å². The third-order valence-corrected chi connectivity index (χ3v) is 5.16. The zero-order valence-electron chi connectivity index (χ0n) is 17.4. The summed E-state index contributed by atoms with van der Waals surface area (Å²) in [7, 11) is 1.94. The molecule has 0 bridgehead atoms. The summed E-state index contributed by atoms with van der Waals surface area (Å²) in [4.78, 5) is 13.7. The van der Waals surface area contributed by atoms with Crippen molar-refractivity contribution >= 4 is 16.9 Å². The third-order valence-electron chi connectivity index (χ3n) is 5.16. The van der Waals surface area contributed by atoms with Crippen LogP contribution in [0.4, 0.5) is 0 Å². The Morgan fingerprint density at radius 3 is 2.23 bits per heavy atom. The lowest BCUT2D eigenvalue weighted by molar-refractivity contribution is -0.908. The maximum atomic E-state index is 12.4. The fraction of sp³-hybridized carbons (Fsp3) is 0.381. The van der Waals surface area contributed by atoms with Gasteiger partial charge in [-0.1, -0.05) is 18.2 Å². The molecular formula is C21H28ClN5O4. The Morgan fingerprint density at radius 1 is 1.03 bits per heavy atom. The highest BCUT2D eigenvalue weighted by Crippen LogP contribution is 2.23. The summed E-state index contributed by atoms with van der Waals surface area (Å²) in [5, 5.41) is 40.3. The minimum Gasteiger partial charge on any atom is -1.00 e. The second kappa shape index (κ2) is 11.1. The first-order valence-electron chi connectivity index (χ1n) is 9.90. The number of aromatic hydroxyl groups is 1. The standard InChI is InChI=1S/C21H27N5O4.ClH/c1-26(10-12-27,11-13-28)9-8-22-21(30)15-16-6-7-20(29)19(14-16)25-23-17-4-2-3-5-18(17)24-25;/h2-7,14,27-28H,8-13,15H2,1H3,(H-,22,29,30);1H. The Balaban J connectivity index is 0.00000341. The lowest BCUT2D eigenvalue weighted by atomic mass is 10.1. The van der Waals surface area contributed by atoms with Crippen LogP contribution >= 0.6 is 0 Å². The van der Waals surface area contributed by atoms with Crippen LogP contribution in [0.15, 0.2) is 42.5 Å². The number of hydrogen-bond acceptors (Lipinski definition) is 6. The number of quaternary nitrogens is 1. The molecule has 31 heavy (non-hydrogen) atoms. The molecule has 0 saturated carbocycles. The smallest absolute Gasteiger partial charge is 0.224 e. The van der Waals surface area contributed by atoms with Crippen LogP contribution in [0.25, 0.3) is 16.7 Å². The molecule has 1 aromatic heterocycles. The van der Waals surface area contributed by atoms with E-state index in [9.17, 15) is 20.1 Å². The Morgan fingerprint density at radius 2 is 1.65 bits per heavy atom. The van der Waals surface area contributed by atoms with Crippen molar-refractivity contribution in [1.29, 1.82) is 0 Å².